The average Bonchev–Trinajstić information content (AvgIpc) is 2.90. The molecule has 3 nitrogen and oxygen atoms in total. The van der Waals surface area contributed by atoms with Crippen LogP contribution in [0.25, 0.3) is 0 Å². The second-order valence-corrected chi connectivity index (χ2v) is 6.31. The maximum Gasteiger partial charge on any atom is 0.237 e. The van der Waals surface area contributed by atoms with Gasteiger partial charge in [-0.1, -0.05) is 42.7 Å². The SMILES string of the molecule is Cc1ccc(CNC(=O)C2CC3CCCCC3N2)cc1.Cl. The molecule has 4 heteroatoms. The van der Waals surface area contributed by atoms with Gasteiger partial charge in [-0.25, -0.2) is 0 Å². The Morgan fingerprint density at radius 2 is 1.95 bits per heavy atom. The van der Waals surface area contributed by atoms with Crippen molar-refractivity contribution in [3.63, 3.8) is 0 Å². The Hall–Kier alpha value is -1.06. The average molecular weight is 309 g/mol. The van der Waals surface area contributed by atoms with Crippen molar-refractivity contribution in [3.05, 3.63) is 35.4 Å². The molecule has 3 unspecified atom stereocenters. The number of aryl methyl sites for hydroxylation is 1. The van der Waals surface area contributed by atoms with Gasteiger partial charge in [-0.2, -0.15) is 0 Å². The molecule has 0 aromatic heterocycles. The minimum Gasteiger partial charge on any atom is -0.351 e. The van der Waals surface area contributed by atoms with Crippen molar-refractivity contribution in [2.45, 2.75) is 57.7 Å². The topological polar surface area (TPSA) is 41.1 Å². The molecule has 3 rings (SSSR count). The first-order valence-corrected chi connectivity index (χ1v) is 7.81. The van der Waals surface area contributed by atoms with E-state index in [4.69, 9.17) is 0 Å². The molecule has 1 aromatic carbocycles. The highest BCUT2D eigenvalue weighted by Gasteiger charge is 2.37. The number of carbonyl (C=O) groups is 1. The Morgan fingerprint density at radius 1 is 1.24 bits per heavy atom. The monoisotopic (exact) mass is 308 g/mol. The maximum atomic E-state index is 12.3. The summed E-state index contributed by atoms with van der Waals surface area (Å²) in [5, 5.41) is 6.59. The van der Waals surface area contributed by atoms with Crippen LogP contribution in [0, 0.1) is 12.8 Å². The van der Waals surface area contributed by atoms with Crippen molar-refractivity contribution in [1.82, 2.24) is 10.6 Å². The lowest BCUT2D eigenvalue weighted by molar-refractivity contribution is -0.123. The number of hydrogen-bond acceptors (Lipinski definition) is 2. The molecule has 1 aliphatic carbocycles. The van der Waals surface area contributed by atoms with Gasteiger partial charge in [0.25, 0.3) is 0 Å². The largest absolute Gasteiger partial charge is 0.351 e. The Bertz CT molecular complexity index is 460. The number of nitrogens with one attached hydrogen (secondary N) is 2. The number of halogens is 1. The maximum absolute atomic E-state index is 12.3. The van der Waals surface area contributed by atoms with Gasteiger partial charge in [0, 0.05) is 12.6 Å². The van der Waals surface area contributed by atoms with E-state index in [1.807, 2.05) is 0 Å². The third-order valence-corrected chi connectivity index (χ3v) is 4.77. The van der Waals surface area contributed by atoms with E-state index >= 15 is 0 Å². The van der Waals surface area contributed by atoms with E-state index in [1.54, 1.807) is 0 Å². The van der Waals surface area contributed by atoms with Gasteiger partial charge in [-0.3, -0.25) is 4.79 Å². The summed E-state index contributed by atoms with van der Waals surface area (Å²) in [6.07, 6.45) is 6.20. The van der Waals surface area contributed by atoms with Crippen LogP contribution in [0.15, 0.2) is 24.3 Å². The van der Waals surface area contributed by atoms with Gasteiger partial charge in [0.2, 0.25) is 5.91 Å². The minimum atomic E-state index is 0. The van der Waals surface area contributed by atoms with Crippen molar-refractivity contribution in [2.24, 2.45) is 5.92 Å². The highest BCUT2D eigenvalue weighted by molar-refractivity contribution is 5.85. The van der Waals surface area contributed by atoms with Crippen LogP contribution in [0.5, 0.6) is 0 Å². The first-order valence-electron chi connectivity index (χ1n) is 7.81. The van der Waals surface area contributed by atoms with E-state index in [2.05, 4.69) is 41.8 Å². The van der Waals surface area contributed by atoms with E-state index in [0.717, 1.165) is 12.3 Å². The molecule has 116 valence electrons. The van der Waals surface area contributed by atoms with Crippen LogP contribution in [-0.2, 0) is 11.3 Å². The predicted octanol–water partition coefficient (Wildman–Crippen LogP) is 2.95. The minimum absolute atomic E-state index is 0. The van der Waals surface area contributed by atoms with Gasteiger partial charge in [0.1, 0.15) is 0 Å². The second kappa shape index (κ2) is 7.28. The normalized spacial score (nSPS) is 27.6. The van der Waals surface area contributed by atoms with E-state index in [0.29, 0.717) is 12.6 Å². The summed E-state index contributed by atoms with van der Waals surface area (Å²) in [6, 6.07) is 8.94. The van der Waals surface area contributed by atoms with Gasteiger partial charge in [0.15, 0.2) is 0 Å². The summed E-state index contributed by atoms with van der Waals surface area (Å²) in [5.74, 6) is 0.888. The third kappa shape index (κ3) is 3.98. The van der Waals surface area contributed by atoms with Crippen LogP contribution in [0.1, 0.15) is 43.2 Å². The van der Waals surface area contributed by atoms with Gasteiger partial charge in [0.05, 0.1) is 6.04 Å². The van der Waals surface area contributed by atoms with E-state index in [9.17, 15) is 4.79 Å². The lowest BCUT2D eigenvalue weighted by Crippen LogP contribution is -2.42. The van der Waals surface area contributed by atoms with Crippen molar-refractivity contribution >= 4 is 18.3 Å². The van der Waals surface area contributed by atoms with Gasteiger partial charge in [-0.05, 0) is 37.7 Å². The summed E-state index contributed by atoms with van der Waals surface area (Å²) in [7, 11) is 0. The molecule has 1 aliphatic heterocycles. The second-order valence-electron chi connectivity index (χ2n) is 6.31. The Labute approximate surface area is 133 Å². The van der Waals surface area contributed by atoms with Crippen LogP contribution in [0.3, 0.4) is 0 Å². The zero-order valence-electron chi connectivity index (χ0n) is 12.6. The highest BCUT2D eigenvalue weighted by Crippen LogP contribution is 2.33. The molecule has 2 aliphatic rings. The summed E-state index contributed by atoms with van der Waals surface area (Å²) in [4.78, 5) is 12.3. The lowest BCUT2D eigenvalue weighted by Gasteiger charge is -2.24. The predicted molar refractivity (Wildman–Crippen MR) is 87.6 cm³/mol. The molecule has 1 saturated carbocycles. The van der Waals surface area contributed by atoms with E-state index < -0.39 is 0 Å². The summed E-state index contributed by atoms with van der Waals surface area (Å²) >= 11 is 0. The molecular formula is C17H25ClN2O. The molecule has 3 atom stereocenters. The smallest absolute Gasteiger partial charge is 0.237 e. The molecule has 0 bridgehead atoms. The number of hydrogen-bond donors (Lipinski definition) is 2. The Balaban J connectivity index is 0.00000161. The molecule has 0 spiro atoms. The quantitative estimate of drug-likeness (QED) is 0.901. The molecule has 2 fully saturated rings. The van der Waals surface area contributed by atoms with Crippen molar-refractivity contribution in [2.75, 3.05) is 0 Å². The zero-order chi connectivity index (χ0) is 13.9. The van der Waals surface area contributed by atoms with Gasteiger partial charge >= 0.3 is 0 Å². The molecule has 1 saturated heterocycles. The van der Waals surface area contributed by atoms with Gasteiger partial charge < -0.3 is 10.6 Å². The Morgan fingerprint density at radius 3 is 2.67 bits per heavy atom. The number of amides is 1. The van der Waals surface area contributed by atoms with Crippen molar-refractivity contribution < 1.29 is 4.79 Å². The van der Waals surface area contributed by atoms with Crippen LogP contribution in [-0.4, -0.2) is 18.0 Å². The third-order valence-electron chi connectivity index (χ3n) is 4.77. The van der Waals surface area contributed by atoms with Crippen molar-refractivity contribution in [3.8, 4) is 0 Å². The summed E-state index contributed by atoms with van der Waals surface area (Å²) in [6.45, 7) is 2.71. The zero-order valence-corrected chi connectivity index (χ0v) is 13.4. The molecule has 1 amide bonds. The fourth-order valence-corrected chi connectivity index (χ4v) is 3.54. The number of carbonyl (C=O) groups excluding carboxylic acids is 1. The molecule has 0 radical (unpaired) electrons. The molecule has 2 N–H and O–H groups in total. The summed E-state index contributed by atoms with van der Waals surface area (Å²) < 4.78 is 0. The summed E-state index contributed by atoms with van der Waals surface area (Å²) in [5.41, 5.74) is 2.42. The molecular weight excluding hydrogens is 284 g/mol. The van der Waals surface area contributed by atoms with Gasteiger partial charge in [-0.15, -0.1) is 12.4 Å². The first kappa shape index (κ1) is 16.3. The Kier molecular flexibility index (Phi) is 5.65. The van der Waals surface area contributed by atoms with Crippen LogP contribution >= 0.6 is 12.4 Å². The van der Waals surface area contributed by atoms with Crippen molar-refractivity contribution in [1.29, 1.82) is 0 Å². The highest BCUT2D eigenvalue weighted by atomic mass is 35.5. The standard InChI is InChI=1S/C17H24N2O.ClH/c1-12-6-8-13(9-7-12)11-18-17(20)16-10-14-4-2-3-5-15(14)19-16;/h6-9,14-16,19H,2-5,10-11H2,1H3,(H,18,20);1H. The fourth-order valence-electron chi connectivity index (χ4n) is 3.54. The molecule has 1 aromatic rings. The fraction of sp³-hybridized carbons (Fsp3) is 0.588. The van der Waals surface area contributed by atoms with E-state index in [1.165, 1.54) is 36.8 Å². The molecule has 21 heavy (non-hydrogen) atoms. The molecule has 1 heterocycles. The van der Waals surface area contributed by atoms with Crippen LogP contribution < -0.4 is 10.6 Å². The number of benzene rings is 1. The first-order chi connectivity index (χ1) is 9.72. The number of fused-ring (bicyclic) bond motifs is 1. The van der Waals surface area contributed by atoms with Crippen LogP contribution in [0.2, 0.25) is 0 Å². The lowest BCUT2D eigenvalue weighted by atomic mass is 9.85. The van der Waals surface area contributed by atoms with E-state index in [-0.39, 0.29) is 24.4 Å². The van der Waals surface area contributed by atoms with Crippen LogP contribution in [0.4, 0.5) is 0 Å². The number of rotatable bonds is 3.